The minimum absolute atomic E-state index is 0.0344. The fourth-order valence-electron chi connectivity index (χ4n) is 9.01. The Bertz CT molecular complexity index is 2930. The summed E-state index contributed by atoms with van der Waals surface area (Å²) < 4.78 is 17.2. The number of fused-ring (bicyclic) bond motifs is 6. The molecule has 7 aromatic rings. The van der Waals surface area contributed by atoms with Crippen molar-refractivity contribution in [2.75, 3.05) is 6.61 Å². The van der Waals surface area contributed by atoms with Crippen LogP contribution >= 0.6 is 0 Å². The maximum atomic E-state index is 14.2. The smallest absolute Gasteiger partial charge is 0.319 e. The van der Waals surface area contributed by atoms with E-state index in [1.54, 1.807) is 34.9 Å². The minimum Gasteiger partial charge on any atom is -0.508 e. The predicted molar refractivity (Wildman–Crippen MR) is 220 cm³/mol. The molecule has 2 unspecified atom stereocenters. The molecular formula is C45H43N6O8. The van der Waals surface area contributed by atoms with Gasteiger partial charge in [-0.2, -0.15) is 0 Å². The zero-order chi connectivity index (χ0) is 41.5. The Morgan fingerprint density at radius 1 is 0.949 bits per heavy atom. The van der Waals surface area contributed by atoms with Gasteiger partial charge in [0.15, 0.2) is 5.82 Å². The Morgan fingerprint density at radius 2 is 1.76 bits per heavy atom. The van der Waals surface area contributed by atoms with Gasteiger partial charge in [0, 0.05) is 40.7 Å². The molecule has 2 aliphatic rings. The Hall–Kier alpha value is -6.67. The summed E-state index contributed by atoms with van der Waals surface area (Å²) in [5.74, 6) is -0.416. The summed E-state index contributed by atoms with van der Waals surface area (Å²) in [7, 11) is 0. The van der Waals surface area contributed by atoms with E-state index in [4.69, 9.17) is 14.5 Å². The SMILES string of the molecule is [CH2]C(OCCn1ccc2cc(-n3c(O)nnc3-c3cc(C(C)C)c(O)cc3O)ccc21)C1(CC)C(=O)OCc2c1cc1n(c2=O)Cc2c-1nc1ccc(O)cc1c2CC. The first-order valence-corrected chi connectivity index (χ1v) is 19.7. The number of rotatable bonds is 10. The second-order valence-corrected chi connectivity index (χ2v) is 15.5. The van der Waals surface area contributed by atoms with Crippen molar-refractivity contribution >= 4 is 27.8 Å². The molecule has 2 aliphatic heterocycles. The molecule has 14 nitrogen and oxygen atoms in total. The molecule has 0 spiro atoms. The predicted octanol–water partition coefficient (Wildman–Crippen LogP) is 6.76. The number of ether oxygens (including phenoxy) is 2. The molecule has 6 heterocycles. The highest BCUT2D eigenvalue weighted by Gasteiger charge is 2.51. The summed E-state index contributed by atoms with van der Waals surface area (Å²) in [6, 6.07) is 17.0. The standard InChI is InChI=1S/C45H43N6O8/c1-6-28-30-17-27(52)9-10-35(30)46-40-32(28)21-50-37(40)19-34-33(42(50)55)22-59-43(56)45(34,7-2)24(5)58-15-14-49-13-12-25-16-26(8-11-36(25)49)51-41(47-48-44(51)57)31-18-29(23(3)4)38(53)20-39(31)54/h8-13,16-20,23-24,52-54H,5-7,14-15,21-22H2,1-4H3,(H,48,57). The van der Waals surface area contributed by atoms with Gasteiger partial charge >= 0.3 is 12.0 Å². The van der Waals surface area contributed by atoms with Crippen LogP contribution in [-0.2, 0) is 45.8 Å². The number of hydrogen-bond donors (Lipinski definition) is 4. The van der Waals surface area contributed by atoms with Gasteiger partial charge in [-0.25, -0.2) is 9.55 Å². The zero-order valence-corrected chi connectivity index (χ0v) is 33.1. The molecule has 4 N–H and O–H groups in total. The molecule has 0 aliphatic carbocycles. The molecule has 2 atom stereocenters. The van der Waals surface area contributed by atoms with Crippen molar-refractivity contribution < 1.29 is 34.7 Å². The third-order valence-corrected chi connectivity index (χ3v) is 12.1. The van der Waals surface area contributed by atoms with E-state index >= 15 is 0 Å². The number of benzene rings is 3. The van der Waals surface area contributed by atoms with E-state index in [0.717, 1.165) is 27.4 Å². The summed E-state index contributed by atoms with van der Waals surface area (Å²) >= 11 is 0. The second kappa shape index (κ2) is 14.0. The number of carbonyl (C=O) groups is 1. The first-order valence-electron chi connectivity index (χ1n) is 19.7. The fraction of sp³-hybridized carbons (Fsp3) is 0.289. The largest absolute Gasteiger partial charge is 0.508 e. The summed E-state index contributed by atoms with van der Waals surface area (Å²) in [5.41, 5.74) is 5.65. The average molecular weight is 796 g/mol. The lowest BCUT2D eigenvalue weighted by molar-refractivity contribution is -0.160. The number of cyclic esters (lactones) is 1. The van der Waals surface area contributed by atoms with Crippen molar-refractivity contribution in [2.24, 2.45) is 0 Å². The molecule has 9 rings (SSSR count). The monoisotopic (exact) mass is 795 g/mol. The van der Waals surface area contributed by atoms with Crippen LogP contribution in [0, 0.1) is 6.92 Å². The molecule has 0 bridgehead atoms. The lowest BCUT2D eigenvalue weighted by atomic mass is 9.71. The molecule has 1 radical (unpaired) electrons. The molecule has 3 aromatic carbocycles. The topological polar surface area (TPSA) is 187 Å². The van der Waals surface area contributed by atoms with Gasteiger partial charge in [-0.3, -0.25) is 9.59 Å². The van der Waals surface area contributed by atoms with Crippen LogP contribution in [0.2, 0.25) is 0 Å². The summed E-state index contributed by atoms with van der Waals surface area (Å²) in [6.45, 7) is 12.9. The molecule has 0 saturated carbocycles. The van der Waals surface area contributed by atoms with Crippen LogP contribution < -0.4 is 5.56 Å². The highest BCUT2D eigenvalue weighted by atomic mass is 16.5. The van der Waals surface area contributed by atoms with E-state index in [-0.39, 0.29) is 60.2 Å². The van der Waals surface area contributed by atoms with Gasteiger partial charge in [0.25, 0.3) is 5.56 Å². The normalized spacial score (nSPS) is 16.4. The Kier molecular flexibility index (Phi) is 9.00. The van der Waals surface area contributed by atoms with Gasteiger partial charge in [0.05, 0.1) is 53.0 Å². The Morgan fingerprint density at radius 3 is 2.53 bits per heavy atom. The fourth-order valence-corrected chi connectivity index (χ4v) is 9.01. The maximum Gasteiger partial charge on any atom is 0.319 e. The highest BCUT2D eigenvalue weighted by Crippen LogP contribution is 2.44. The molecule has 59 heavy (non-hydrogen) atoms. The van der Waals surface area contributed by atoms with E-state index in [0.29, 0.717) is 64.4 Å². The molecule has 0 saturated heterocycles. The maximum absolute atomic E-state index is 14.2. The third-order valence-electron chi connectivity index (χ3n) is 12.1. The number of hydrogen-bond acceptors (Lipinski definition) is 11. The number of carbonyl (C=O) groups excluding carboxylic acids is 1. The van der Waals surface area contributed by atoms with Crippen molar-refractivity contribution in [2.45, 2.75) is 77.7 Å². The second-order valence-electron chi connectivity index (χ2n) is 15.5. The molecule has 4 aromatic heterocycles. The van der Waals surface area contributed by atoms with E-state index in [2.05, 4.69) is 17.1 Å². The number of pyridine rings is 2. The number of aromatic nitrogens is 6. The summed E-state index contributed by atoms with van der Waals surface area (Å²) in [5, 5.41) is 51.9. The van der Waals surface area contributed by atoms with Crippen LogP contribution in [0.3, 0.4) is 0 Å². The lowest BCUT2D eigenvalue weighted by Gasteiger charge is -2.40. The van der Waals surface area contributed by atoms with Gasteiger partial charge in [-0.15, -0.1) is 5.10 Å². The summed E-state index contributed by atoms with van der Waals surface area (Å²) in [6.07, 6.45) is 1.96. The van der Waals surface area contributed by atoms with Gasteiger partial charge in [-0.1, -0.05) is 32.8 Å². The van der Waals surface area contributed by atoms with Crippen molar-refractivity contribution in [3.05, 3.63) is 112 Å². The number of aromatic hydroxyl groups is 4. The van der Waals surface area contributed by atoms with Crippen molar-refractivity contribution in [3.8, 4) is 51.7 Å². The summed E-state index contributed by atoms with van der Waals surface area (Å²) in [4.78, 5) is 33.1. The van der Waals surface area contributed by atoms with Gasteiger partial charge in [-0.05, 0) is 97.0 Å². The van der Waals surface area contributed by atoms with Crippen molar-refractivity contribution in [1.29, 1.82) is 0 Å². The molecule has 14 heteroatoms. The van der Waals surface area contributed by atoms with Crippen LogP contribution in [0.25, 0.3) is 50.3 Å². The van der Waals surface area contributed by atoms with Crippen molar-refractivity contribution in [3.63, 3.8) is 0 Å². The van der Waals surface area contributed by atoms with Gasteiger partial charge < -0.3 is 39.0 Å². The number of nitrogens with zero attached hydrogens (tertiary/aromatic N) is 6. The minimum atomic E-state index is -1.35. The number of phenolic OH excluding ortho intramolecular Hbond substituents is 3. The first-order chi connectivity index (χ1) is 28.4. The number of phenols is 3. The van der Waals surface area contributed by atoms with Crippen LogP contribution in [0.5, 0.6) is 23.3 Å². The molecule has 301 valence electrons. The average Bonchev–Trinajstić information content (AvgIpc) is 3.91. The van der Waals surface area contributed by atoms with Crippen LogP contribution in [0.15, 0.2) is 71.7 Å². The number of aryl methyl sites for hydroxylation is 1. The van der Waals surface area contributed by atoms with Gasteiger partial charge in [0.1, 0.15) is 29.3 Å². The van der Waals surface area contributed by atoms with Crippen molar-refractivity contribution in [1.82, 2.24) is 28.9 Å². The molecule has 0 amide bonds. The van der Waals surface area contributed by atoms with Crippen LogP contribution in [-0.4, -0.2) is 68.0 Å². The van der Waals surface area contributed by atoms with Gasteiger partial charge in [0.2, 0.25) is 0 Å². The van der Waals surface area contributed by atoms with E-state index in [1.807, 2.05) is 62.7 Å². The Balaban J connectivity index is 0.995. The zero-order valence-electron chi connectivity index (χ0n) is 33.1. The van der Waals surface area contributed by atoms with Crippen LogP contribution in [0.4, 0.5) is 0 Å². The number of esters is 1. The molecule has 0 fully saturated rings. The first kappa shape index (κ1) is 37.9. The highest BCUT2D eigenvalue weighted by molar-refractivity contribution is 5.91. The molecular weight excluding hydrogens is 753 g/mol. The quantitative estimate of drug-likeness (QED) is 0.107. The van der Waals surface area contributed by atoms with E-state index in [9.17, 15) is 30.0 Å². The van der Waals surface area contributed by atoms with E-state index < -0.39 is 17.5 Å². The third kappa shape index (κ3) is 5.75. The Labute approximate surface area is 338 Å². The van der Waals surface area contributed by atoms with Crippen LogP contribution in [0.1, 0.15) is 67.9 Å². The van der Waals surface area contributed by atoms with E-state index in [1.165, 1.54) is 10.6 Å². The lowest BCUT2D eigenvalue weighted by Crippen LogP contribution is -2.52.